The Morgan fingerprint density at radius 2 is 2.22 bits per heavy atom. The van der Waals surface area contributed by atoms with E-state index in [0.717, 1.165) is 0 Å². The van der Waals surface area contributed by atoms with Gasteiger partial charge in [0.15, 0.2) is 0 Å². The lowest BCUT2D eigenvalue weighted by atomic mass is 10.2. The summed E-state index contributed by atoms with van der Waals surface area (Å²) < 4.78 is 20.1. The molecule has 0 saturated heterocycles. The third kappa shape index (κ3) is 3.48. The van der Waals surface area contributed by atoms with Gasteiger partial charge in [0.1, 0.15) is 6.02 Å². The van der Waals surface area contributed by atoms with Crippen LogP contribution in [0.3, 0.4) is 0 Å². The van der Waals surface area contributed by atoms with E-state index < -0.39 is 24.3 Å². The molecule has 0 radical (unpaired) electrons. The van der Waals surface area contributed by atoms with E-state index in [1.165, 1.54) is 0 Å². The molecule has 5 nitrogen and oxygen atoms in total. The molecule has 0 aliphatic heterocycles. The molecule has 0 fully saturated rings. The molecule has 0 aromatic heterocycles. The van der Waals surface area contributed by atoms with Crippen molar-refractivity contribution in [2.45, 2.75) is 12.4 Å². The molecule has 4 N–H and O–H groups in total. The molecule has 0 spiro atoms. The van der Waals surface area contributed by atoms with Crippen LogP contribution in [-0.4, -0.2) is 28.2 Å². The summed E-state index contributed by atoms with van der Waals surface area (Å²) in [5.41, 5.74) is 4.65. The van der Waals surface area contributed by atoms with Crippen molar-refractivity contribution in [1.82, 2.24) is 0 Å². The van der Waals surface area contributed by atoms with Crippen LogP contribution in [0.2, 0.25) is 0 Å². The van der Waals surface area contributed by atoms with E-state index >= 15 is 0 Å². The van der Waals surface area contributed by atoms with Crippen molar-refractivity contribution in [3.8, 4) is 0 Å². The van der Waals surface area contributed by atoms with Crippen molar-refractivity contribution in [3.63, 3.8) is 0 Å². The molecule has 0 saturated carbocycles. The number of carboxylic acid groups (broad SMARTS) is 2. The fourth-order valence-electron chi connectivity index (χ4n) is 0.169. The first-order valence-corrected chi connectivity index (χ1v) is 1.89. The zero-order valence-electron chi connectivity index (χ0n) is 7.29. The van der Waals surface area contributed by atoms with Crippen LogP contribution in [0, 0.1) is 0 Å². The Bertz CT molecular complexity index is 202. The Morgan fingerprint density at radius 3 is 2.33 bits per heavy atom. The highest BCUT2D eigenvalue weighted by Gasteiger charge is 2.14. The largest absolute Gasteiger partial charge is 0.481 e. The van der Waals surface area contributed by atoms with E-state index in [1.807, 2.05) is 0 Å². The van der Waals surface area contributed by atoms with Crippen molar-refractivity contribution in [2.75, 3.05) is 0 Å². The average Bonchev–Trinajstić information content (AvgIpc) is 1.86. The lowest BCUT2D eigenvalue weighted by molar-refractivity contribution is -0.144. The minimum absolute atomic E-state index is 2.03. The Balaban J connectivity index is 5.01. The number of rotatable bonds is 3. The summed E-state index contributed by atoms with van der Waals surface area (Å²) in [6.45, 7) is 0. The maximum Gasteiger partial charge on any atom is 0.321 e. The Labute approximate surface area is 55.3 Å². The van der Waals surface area contributed by atoms with Gasteiger partial charge in [-0.1, -0.05) is 0 Å². The standard InChI is InChI=1S/C4H7NO4/c5-2(4(8)9)1-3(6)7/h2H,1,5H2,(H,6,7)(H,8,9)/t2-/m0/s1/i1D2,2D,5+1. The number of aliphatic carboxylic acids is 2. The first-order chi connectivity index (χ1) is 5.14. The second kappa shape index (κ2) is 3.03. The maximum absolute atomic E-state index is 10.2. The van der Waals surface area contributed by atoms with Gasteiger partial charge >= 0.3 is 11.9 Å². The molecule has 0 unspecified atom stereocenters. The van der Waals surface area contributed by atoms with Gasteiger partial charge < -0.3 is 15.9 Å². The minimum Gasteiger partial charge on any atom is -0.481 e. The second-order valence-corrected chi connectivity index (χ2v) is 1.15. The van der Waals surface area contributed by atoms with Crippen LogP contribution in [-0.2, 0) is 9.59 Å². The highest BCUT2D eigenvalue weighted by atomic mass is 16.4. The first-order valence-electron chi connectivity index (χ1n) is 3.39. The molecule has 0 heterocycles. The summed E-state index contributed by atoms with van der Waals surface area (Å²) in [6.07, 6.45) is -3.32. The number of hydrogen-bond donors (Lipinski definition) is 3. The van der Waals surface area contributed by atoms with Crippen LogP contribution in [0.1, 0.15) is 10.5 Å². The van der Waals surface area contributed by atoms with E-state index in [0.29, 0.717) is 0 Å². The van der Waals surface area contributed by atoms with Gasteiger partial charge in [-0.3, -0.25) is 9.59 Å². The van der Waals surface area contributed by atoms with Gasteiger partial charge in [0.05, 0.1) is 7.74 Å². The van der Waals surface area contributed by atoms with Gasteiger partial charge in [0, 0.05) is 2.74 Å². The molecule has 5 heteroatoms. The van der Waals surface area contributed by atoms with Gasteiger partial charge in [-0.15, -0.1) is 0 Å². The van der Waals surface area contributed by atoms with E-state index in [-0.39, 0.29) is 0 Å². The number of nitrogens with two attached hydrogens (primary N) is 1. The van der Waals surface area contributed by atoms with Crippen LogP contribution in [0.15, 0.2) is 0 Å². The Hall–Kier alpha value is -1.10. The molecule has 0 rings (SSSR count). The van der Waals surface area contributed by atoms with E-state index in [2.05, 4.69) is 5.73 Å². The fraction of sp³-hybridized carbons (Fsp3) is 0.500. The predicted octanol–water partition coefficient (Wildman–Crippen LogP) is -1.13. The number of hydrogen-bond acceptors (Lipinski definition) is 3. The minimum atomic E-state index is -3.32. The zero-order valence-corrected chi connectivity index (χ0v) is 4.29. The summed E-state index contributed by atoms with van der Waals surface area (Å²) in [7, 11) is 0. The molecular weight excluding hydrogens is 127 g/mol. The normalized spacial score (nSPS) is 22.6. The van der Waals surface area contributed by atoms with Gasteiger partial charge in [0.2, 0.25) is 0 Å². The van der Waals surface area contributed by atoms with Gasteiger partial charge in [0.25, 0.3) is 0 Å². The number of carbonyl (C=O) groups is 2. The van der Waals surface area contributed by atoms with Crippen LogP contribution < -0.4 is 5.73 Å². The summed E-state index contributed by atoms with van der Waals surface area (Å²) in [5, 5.41) is 16.4. The molecule has 52 valence electrons. The topological polar surface area (TPSA) is 101 Å². The molecule has 1 atom stereocenters. The lowest BCUT2D eigenvalue weighted by Crippen LogP contribution is -2.32. The fourth-order valence-corrected chi connectivity index (χ4v) is 0.169. The van der Waals surface area contributed by atoms with Crippen molar-refractivity contribution >= 4 is 11.9 Å². The van der Waals surface area contributed by atoms with Crippen LogP contribution in [0.4, 0.5) is 0 Å². The molecule has 0 aliphatic carbocycles. The van der Waals surface area contributed by atoms with Crippen LogP contribution in [0.5, 0.6) is 0 Å². The highest BCUT2D eigenvalue weighted by Crippen LogP contribution is 1.86. The van der Waals surface area contributed by atoms with Crippen LogP contribution >= 0.6 is 0 Å². The van der Waals surface area contributed by atoms with Gasteiger partial charge in [-0.2, -0.15) is 0 Å². The summed E-state index contributed by atoms with van der Waals surface area (Å²) in [6, 6.07) is -3.18. The van der Waals surface area contributed by atoms with Gasteiger partial charge in [-0.25, -0.2) is 0 Å². The van der Waals surface area contributed by atoms with E-state index in [4.69, 9.17) is 14.3 Å². The molecule has 0 aliphatic rings. The SMILES string of the molecule is [2H]C([2H])(C(=O)O)[C@]([2H])([15NH2])C(=O)O. The molecule has 0 bridgehead atoms. The first kappa shape index (κ1) is 3.84. The number of carboxylic acids is 2. The third-order valence-corrected chi connectivity index (χ3v) is 0.472. The van der Waals surface area contributed by atoms with E-state index in [9.17, 15) is 9.59 Å². The predicted molar refractivity (Wildman–Crippen MR) is 27.9 cm³/mol. The Kier molecular flexibility index (Phi) is 1.29. The van der Waals surface area contributed by atoms with E-state index in [1.54, 1.807) is 0 Å². The molecule has 0 amide bonds. The smallest absolute Gasteiger partial charge is 0.321 e. The summed E-state index contributed by atoms with van der Waals surface area (Å²) >= 11 is 0. The Morgan fingerprint density at radius 1 is 1.78 bits per heavy atom. The average molecular weight is 137 g/mol. The van der Waals surface area contributed by atoms with Crippen molar-refractivity contribution in [1.29, 1.82) is 0 Å². The monoisotopic (exact) mass is 137 g/mol. The quantitative estimate of drug-likeness (QED) is 0.427. The van der Waals surface area contributed by atoms with Crippen LogP contribution in [0.25, 0.3) is 0 Å². The highest BCUT2D eigenvalue weighted by molar-refractivity contribution is 5.80. The summed E-state index contributed by atoms with van der Waals surface area (Å²) in [5.74, 6) is -4.11. The van der Waals surface area contributed by atoms with Crippen molar-refractivity contribution in [3.05, 3.63) is 0 Å². The molecular formula is C4H7NO4. The van der Waals surface area contributed by atoms with Crippen molar-refractivity contribution in [2.24, 2.45) is 5.73 Å². The lowest BCUT2D eigenvalue weighted by Gasteiger charge is -1.99. The molecule has 0 aromatic carbocycles. The zero-order chi connectivity index (χ0) is 10.2. The molecule has 9 heavy (non-hydrogen) atoms. The summed E-state index contributed by atoms with van der Waals surface area (Å²) in [4.78, 5) is 20.3. The maximum atomic E-state index is 10.2. The van der Waals surface area contributed by atoms with Crippen molar-refractivity contribution < 1.29 is 23.9 Å². The second-order valence-electron chi connectivity index (χ2n) is 1.15. The third-order valence-electron chi connectivity index (χ3n) is 0.472. The van der Waals surface area contributed by atoms with Gasteiger partial charge in [-0.05, 0) is 0 Å². The molecule has 0 aromatic rings.